The summed E-state index contributed by atoms with van der Waals surface area (Å²) in [6.07, 6.45) is 0.598. The Morgan fingerprint density at radius 1 is 1.10 bits per heavy atom. The lowest BCUT2D eigenvalue weighted by Crippen LogP contribution is -2.32. The lowest BCUT2D eigenvalue weighted by molar-refractivity contribution is -0.118. The van der Waals surface area contributed by atoms with Gasteiger partial charge in [-0.2, -0.15) is 0 Å². The molecule has 0 atom stereocenters. The molecule has 4 nitrogen and oxygen atoms in total. The molecule has 0 saturated heterocycles. The van der Waals surface area contributed by atoms with Crippen molar-refractivity contribution < 1.29 is 14.3 Å². The molecule has 0 saturated carbocycles. The standard InChI is InChI=1S/C16H23NO3/c1-5-14(18)10-12-6-8-13(9-7-12)11-17-15(19)20-16(2,3)4/h6-9H,5,10-11H2,1-4H3,(H,17,19). The van der Waals surface area contributed by atoms with E-state index in [4.69, 9.17) is 4.74 Å². The van der Waals surface area contributed by atoms with E-state index in [9.17, 15) is 9.59 Å². The van der Waals surface area contributed by atoms with Gasteiger partial charge in [0, 0.05) is 19.4 Å². The minimum absolute atomic E-state index is 0.227. The lowest BCUT2D eigenvalue weighted by atomic mass is 10.1. The van der Waals surface area contributed by atoms with Gasteiger partial charge in [0.15, 0.2) is 0 Å². The molecule has 1 N–H and O–H groups in total. The Morgan fingerprint density at radius 3 is 2.15 bits per heavy atom. The van der Waals surface area contributed by atoms with Crippen molar-refractivity contribution in [2.75, 3.05) is 0 Å². The van der Waals surface area contributed by atoms with E-state index in [0.717, 1.165) is 11.1 Å². The summed E-state index contributed by atoms with van der Waals surface area (Å²) >= 11 is 0. The summed E-state index contributed by atoms with van der Waals surface area (Å²) in [6.45, 7) is 7.75. The minimum atomic E-state index is -0.492. The van der Waals surface area contributed by atoms with Crippen LogP contribution in [0.3, 0.4) is 0 Å². The summed E-state index contributed by atoms with van der Waals surface area (Å²) in [7, 11) is 0. The van der Waals surface area contributed by atoms with Crippen LogP contribution in [-0.2, 0) is 22.5 Å². The van der Waals surface area contributed by atoms with Gasteiger partial charge in [0.05, 0.1) is 0 Å². The van der Waals surface area contributed by atoms with Gasteiger partial charge in [-0.05, 0) is 31.9 Å². The van der Waals surface area contributed by atoms with E-state index >= 15 is 0 Å². The molecule has 0 bridgehead atoms. The molecule has 1 amide bonds. The molecule has 0 aliphatic carbocycles. The fraction of sp³-hybridized carbons (Fsp3) is 0.500. The molecule has 0 aliphatic rings. The highest BCUT2D eigenvalue weighted by Gasteiger charge is 2.15. The van der Waals surface area contributed by atoms with Crippen LogP contribution in [0.25, 0.3) is 0 Å². The summed E-state index contributed by atoms with van der Waals surface area (Å²) in [5, 5.41) is 2.70. The zero-order valence-electron chi connectivity index (χ0n) is 12.7. The van der Waals surface area contributed by atoms with Gasteiger partial charge < -0.3 is 10.1 Å². The monoisotopic (exact) mass is 277 g/mol. The maximum Gasteiger partial charge on any atom is 0.407 e. The molecule has 0 radical (unpaired) electrons. The minimum Gasteiger partial charge on any atom is -0.444 e. The Kier molecular flexibility index (Phi) is 5.74. The molecule has 0 aromatic heterocycles. The molecule has 1 aromatic rings. The normalized spacial score (nSPS) is 11.0. The third-order valence-electron chi connectivity index (χ3n) is 2.65. The van der Waals surface area contributed by atoms with Crippen molar-refractivity contribution in [3.05, 3.63) is 35.4 Å². The van der Waals surface area contributed by atoms with Crippen molar-refractivity contribution in [3.63, 3.8) is 0 Å². The SMILES string of the molecule is CCC(=O)Cc1ccc(CNC(=O)OC(C)(C)C)cc1. The van der Waals surface area contributed by atoms with Crippen molar-refractivity contribution >= 4 is 11.9 Å². The molecule has 0 spiro atoms. The van der Waals surface area contributed by atoms with Crippen LogP contribution >= 0.6 is 0 Å². The highest BCUT2D eigenvalue weighted by molar-refractivity contribution is 5.80. The lowest BCUT2D eigenvalue weighted by Gasteiger charge is -2.19. The number of hydrogen-bond acceptors (Lipinski definition) is 3. The van der Waals surface area contributed by atoms with E-state index in [2.05, 4.69) is 5.32 Å². The third-order valence-corrected chi connectivity index (χ3v) is 2.65. The second kappa shape index (κ2) is 7.08. The van der Waals surface area contributed by atoms with Crippen LogP contribution in [-0.4, -0.2) is 17.5 Å². The molecular weight excluding hydrogens is 254 g/mol. The maximum atomic E-state index is 11.5. The zero-order valence-corrected chi connectivity index (χ0v) is 12.7. The van der Waals surface area contributed by atoms with Gasteiger partial charge in [0.25, 0.3) is 0 Å². The Bertz CT molecular complexity index is 458. The molecule has 110 valence electrons. The average Bonchev–Trinajstić information content (AvgIpc) is 2.36. The first-order chi connectivity index (χ1) is 9.30. The number of amides is 1. The number of carbonyl (C=O) groups is 2. The molecule has 1 aromatic carbocycles. The van der Waals surface area contributed by atoms with Crippen molar-refractivity contribution in [1.82, 2.24) is 5.32 Å². The summed E-state index contributed by atoms with van der Waals surface area (Å²) in [4.78, 5) is 22.8. The quantitative estimate of drug-likeness (QED) is 0.899. The number of nitrogens with one attached hydrogen (secondary N) is 1. The van der Waals surface area contributed by atoms with Crippen LogP contribution in [0.15, 0.2) is 24.3 Å². The van der Waals surface area contributed by atoms with Gasteiger partial charge >= 0.3 is 6.09 Å². The van der Waals surface area contributed by atoms with Crippen LogP contribution in [0.2, 0.25) is 0 Å². The first kappa shape index (κ1) is 16.2. The zero-order chi connectivity index (χ0) is 15.2. The molecule has 1 rings (SSSR count). The van der Waals surface area contributed by atoms with Crippen LogP contribution in [0, 0.1) is 0 Å². The maximum absolute atomic E-state index is 11.5. The summed E-state index contributed by atoms with van der Waals surface area (Å²) in [5.74, 6) is 0.227. The van der Waals surface area contributed by atoms with Crippen LogP contribution in [0.1, 0.15) is 45.2 Å². The Labute approximate surface area is 120 Å². The topological polar surface area (TPSA) is 55.4 Å². The second-order valence-electron chi connectivity index (χ2n) is 5.74. The van der Waals surface area contributed by atoms with E-state index in [1.807, 2.05) is 52.0 Å². The van der Waals surface area contributed by atoms with Gasteiger partial charge in [0.2, 0.25) is 0 Å². The molecule has 0 unspecified atom stereocenters. The van der Waals surface area contributed by atoms with E-state index in [1.165, 1.54) is 0 Å². The Hall–Kier alpha value is -1.84. The van der Waals surface area contributed by atoms with Gasteiger partial charge in [0.1, 0.15) is 11.4 Å². The Balaban J connectivity index is 2.46. The van der Waals surface area contributed by atoms with Crippen molar-refractivity contribution in [2.24, 2.45) is 0 Å². The van der Waals surface area contributed by atoms with Crippen LogP contribution < -0.4 is 5.32 Å². The highest BCUT2D eigenvalue weighted by Crippen LogP contribution is 2.08. The fourth-order valence-electron chi connectivity index (χ4n) is 1.62. The summed E-state index contributed by atoms with van der Waals surface area (Å²) in [5.41, 5.74) is 1.48. The molecule has 0 aliphatic heterocycles. The molecule has 4 heteroatoms. The van der Waals surface area contributed by atoms with Crippen molar-refractivity contribution in [2.45, 2.75) is 52.7 Å². The molecule has 20 heavy (non-hydrogen) atoms. The predicted molar refractivity (Wildman–Crippen MR) is 78.5 cm³/mol. The van der Waals surface area contributed by atoms with E-state index in [-0.39, 0.29) is 5.78 Å². The van der Waals surface area contributed by atoms with Gasteiger partial charge in [-0.25, -0.2) is 4.79 Å². The number of rotatable bonds is 5. The first-order valence-electron chi connectivity index (χ1n) is 6.86. The number of hydrogen-bond donors (Lipinski definition) is 1. The van der Waals surface area contributed by atoms with Gasteiger partial charge in [-0.3, -0.25) is 4.79 Å². The first-order valence-corrected chi connectivity index (χ1v) is 6.86. The summed E-state index contributed by atoms with van der Waals surface area (Å²) < 4.78 is 5.16. The van der Waals surface area contributed by atoms with Crippen molar-refractivity contribution in [1.29, 1.82) is 0 Å². The highest BCUT2D eigenvalue weighted by atomic mass is 16.6. The average molecular weight is 277 g/mol. The summed E-state index contributed by atoms with van der Waals surface area (Å²) in [6, 6.07) is 7.66. The largest absolute Gasteiger partial charge is 0.444 e. The number of ketones is 1. The number of ether oxygens (including phenoxy) is 1. The molecule has 0 fully saturated rings. The number of carbonyl (C=O) groups excluding carboxylic acids is 2. The predicted octanol–water partition coefficient (Wildman–Crippen LogP) is 3.23. The Morgan fingerprint density at radius 2 is 1.65 bits per heavy atom. The second-order valence-corrected chi connectivity index (χ2v) is 5.74. The van der Waals surface area contributed by atoms with Gasteiger partial charge in [-0.1, -0.05) is 31.2 Å². The van der Waals surface area contributed by atoms with Crippen molar-refractivity contribution in [3.8, 4) is 0 Å². The fourth-order valence-corrected chi connectivity index (χ4v) is 1.62. The van der Waals surface area contributed by atoms with Crippen LogP contribution in [0.5, 0.6) is 0 Å². The smallest absolute Gasteiger partial charge is 0.407 e. The number of Topliss-reactive ketones (excluding diaryl/α,β-unsaturated/α-hetero) is 1. The van der Waals surface area contributed by atoms with E-state index < -0.39 is 11.7 Å². The third kappa shape index (κ3) is 6.36. The van der Waals surface area contributed by atoms with Crippen LogP contribution in [0.4, 0.5) is 4.79 Å². The molecular formula is C16H23NO3. The van der Waals surface area contributed by atoms with Gasteiger partial charge in [-0.15, -0.1) is 0 Å². The van der Waals surface area contributed by atoms with E-state index in [1.54, 1.807) is 0 Å². The number of benzene rings is 1. The van der Waals surface area contributed by atoms with E-state index in [0.29, 0.717) is 19.4 Å². The number of alkyl carbamates (subject to hydrolysis) is 1. The molecule has 0 heterocycles.